The van der Waals surface area contributed by atoms with Crippen LogP contribution in [0.25, 0.3) is 0 Å². The topological polar surface area (TPSA) is 61.4 Å². The van der Waals surface area contributed by atoms with Crippen LogP contribution in [0.1, 0.15) is 42.1 Å². The number of halogens is 1. The van der Waals surface area contributed by atoms with E-state index < -0.39 is 11.7 Å². The summed E-state index contributed by atoms with van der Waals surface area (Å²) in [7, 11) is 0. The molecule has 0 aromatic heterocycles. The third-order valence-corrected chi connectivity index (χ3v) is 4.57. The second-order valence-corrected chi connectivity index (χ2v) is 6.87. The number of anilines is 2. The van der Waals surface area contributed by atoms with Crippen molar-refractivity contribution >= 4 is 23.2 Å². The molecule has 1 heterocycles. The summed E-state index contributed by atoms with van der Waals surface area (Å²) in [6, 6.07) is 11.6. The summed E-state index contributed by atoms with van der Waals surface area (Å²) >= 11 is 0. The van der Waals surface area contributed by atoms with E-state index in [-0.39, 0.29) is 11.5 Å². The highest BCUT2D eigenvalue weighted by atomic mass is 19.1. The zero-order valence-electron chi connectivity index (χ0n) is 15.4. The van der Waals surface area contributed by atoms with Crippen LogP contribution in [0.3, 0.4) is 0 Å². The maximum Gasteiger partial charge on any atom is 0.258 e. The van der Waals surface area contributed by atoms with Gasteiger partial charge in [-0.15, -0.1) is 0 Å². The number of benzene rings is 2. The lowest BCUT2D eigenvalue weighted by Crippen LogP contribution is -2.29. The van der Waals surface area contributed by atoms with E-state index in [4.69, 9.17) is 0 Å². The Morgan fingerprint density at radius 1 is 1.00 bits per heavy atom. The molecule has 0 radical (unpaired) electrons. The van der Waals surface area contributed by atoms with Gasteiger partial charge < -0.3 is 10.6 Å². The Kier molecular flexibility index (Phi) is 6.19. The van der Waals surface area contributed by atoms with Gasteiger partial charge in [-0.2, -0.15) is 0 Å². The molecule has 0 atom stereocenters. The first kappa shape index (κ1) is 19.0. The average Bonchev–Trinajstić information content (AvgIpc) is 2.64. The highest BCUT2D eigenvalue weighted by Crippen LogP contribution is 2.19. The van der Waals surface area contributed by atoms with Crippen molar-refractivity contribution in [3.05, 3.63) is 59.4 Å². The molecule has 2 aromatic carbocycles. The van der Waals surface area contributed by atoms with E-state index in [9.17, 15) is 14.0 Å². The average molecular weight is 369 g/mol. The molecule has 0 aliphatic carbocycles. The van der Waals surface area contributed by atoms with Crippen LogP contribution in [0.5, 0.6) is 0 Å². The van der Waals surface area contributed by atoms with E-state index in [2.05, 4.69) is 15.5 Å². The molecule has 142 valence electrons. The van der Waals surface area contributed by atoms with Crippen LogP contribution >= 0.6 is 0 Å². The molecule has 1 aliphatic heterocycles. The Bertz CT molecular complexity index is 832. The van der Waals surface area contributed by atoms with Gasteiger partial charge in [0.2, 0.25) is 5.91 Å². The first-order chi connectivity index (χ1) is 13.0. The summed E-state index contributed by atoms with van der Waals surface area (Å²) in [6.45, 7) is 4.39. The van der Waals surface area contributed by atoms with Gasteiger partial charge in [0, 0.05) is 24.8 Å². The van der Waals surface area contributed by atoms with Crippen molar-refractivity contribution in [1.29, 1.82) is 0 Å². The van der Waals surface area contributed by atoms with Gasteiger partial charge in [-0.05, 0) is 61.8 Å². The number of likely N-dealkylation sites (tertiary alicyclic amines) is 1. The van der Waals surface area contributed by atoms with Crippen LogP contribution < -0.4 is 10.6 Å². The molecule has 2 amide bonds. The molecule has 5 nitrogen and oxygen atoms in total. The molecular weight excluding hydrogens is 345 g/mol. The number of carbonyl (C=O) groups is 2. The lowest BCUT2D eigenvalue weighted by Gasteiger charge is -2.26. The third-order valence-electron chi connectivity index (χ3n) is 4.57. The van der Waals surface area contributed by atoms with Crippen molar-refractivity contribution in [2.24, 2.45) is 0 Å². The summed E-state index contributed by atoms with van der Waals surface area (Å²) in [5.41, 5.74) is 2.01. The van der Waals surface area contributed by atoms with Crippen LogP contribution in [0.2, 0.25) is 0 Å². The molecule has 0 unspecified atom stereocenters. The quantitative estimate of drug-likeness (QED) is 0.837. The van der Waals surface area contributed by atoms with Crippen LogP contribution in [-0.4, -0.2) is 29.8 Å². The van der Waals surface area contributed by atoms with Crippen molar-refractivity contribution in [2.45, 2.75) is 32.7 Å². The molecule has 6 heteroatoms. The fourth-order valence-corrected chi connectivity index (χ4v) is 3.30. The van der Waals surface area contributed by atoms with E-state index in [1.807, 2.05) is 18.2 Å². The van der Waals surface area contributed by atoms with Crippen LogP contribution in [-0.2, 0) is 11.3 Å². The minimum Gasteiger partial charge on any atom is -0.326 e. The molecule has 1 saturated heterocycles. The summed E-state index contributed by atoms with van der Waals surface area (Å²) in [5.74, 6) is -1.46. The molecule has 2 aromatic rings. The van der Waals surface area contributed by atoms with Gasteiger partial charge in [0.15, 0.2) is 0 Å². The fourth-order valence-electron chi connectivity index (χ4n) is 3.30. The normalized spacial score (nSPS) is 14.6. The minimum atomic E-state index is -0.633. The molecule has 1 aliphatic rings. The number of rotatable bonds is 5. The smallest absolute Gasteiger partial charge is 0.258 e. The highest BCUT2D eigenvalue weighted by molar-refractivity contribution is 6.05. The molecule has 0 saturated carbocycles. The van der Waals surface area contributed by atoms with E-state index in [0.29, 0.717) is 11.4 Å². The zero-order chi connectivity index (χ0) is 19.2. The summed E-state index contributed by atoms with van der Waals surface area (Å²) < 4.78 is 14.1. The molecule has 0 bridgehead atoms. The van der Waals surface area contributed by atoms with Crippen molar-refractivity contribution in [2.75, 3.05) is 23.7 Å². The van der Waals surface area contributed by atoms with Gasteiger partial charge in [0.25, 0.3) is 5.91 Å². The van der Waals surface area contributed by atoms with E-state index in [1.165, 1.54) is 44.4 Å². The number of hydrogen-bond donors (Lipinski definition) is 2. The second-order valence-electron chi connectivity index (χ2n) is 6.87. The molecule has 3 rings (SSSR count). The van der Waals surface area contributed by atoms with Gasteiger partial charge in [-0.3, -0.25) is 14.5 Å². The van der Waals surface area contributed by atoms with E-state index in [1.54, 1.807) is 6.07 Å². The Morgan fingerprint density at radius 3 is 2.48 bits per heavy atom. The Morgan fingerprint density at radius 2 is 1.74 bits per heavy atom. The predicted octanol–water partition coefficient (Wildman–Crippen LogP) is 4.02. The summed E-state index contributed by atoms with van der Waals surface area (Å²) in [5, 5.41) is 5.30. The number of nitrogens with one attached hydrogen (secondary N) is 2. The van der Waals surface area contributed by atoms with Gasteiger partial charge in [-0.1, -0.05) is 18.6 Å². The lowest BCUT2D eigenvalue weighted by molar-refractivity contribution is -0.114. The van der Waals surface area contributed by atoms with Gasteiger partial charge in [0.05, 0.1) is 5.56 Å². The summed E-state index contributed by atoms with van der Waals surface area (Å²) in [6.07, 6.45) is 3.73. The van der Waals surface area contributed by atoms with Crippen LogP contribution in [0.4, 0.5) is 15.8 Å². The number of piperidine rings is 1. The monoisotopic (exact) mass is 369 g/mol. The van der Waals surface area contributed by atoms with Crippen molar-refractivity contribution < 1.29 is 14.0 Å². The van der Waals surface area contributed by atoms with Gasteiger partial charge in [0.1, 0.15) is 5.82 Å². The molecular formula is C21H24FN3O2. The number of carbonyl (C=O) groups excluding carboxylic acids is 2. The van der Waals surface area contributed by atoms with Crippen molar-refractivity contribution in [3.63, 3.8) is 0 Å². The predicted molar refractivity (Wildman–Crippen MR) is 104 cm³/mol. The van der Waals surface area contributed by atoms with E-state index in [0.717, 1.165) is 25.2 Å². The first-order valence-electron chi connectivity index (χ1n) is 9.21. The molecule has 2 N–H and O–H groups in total. The Labute approximate surface area is 158 Å². The second kappa shape index (κ2) is 8.77. The summed E-state index contributed by atoms with van der Waals surface area (Å²) in [4.78, 5) is 26.1. The van der Waals surface area contributed by atoms with Crippen molar-refractivity contribution in [3.8, 4) is 0 Å². The Hall–Kier alpha value is -2.73. The largest absolute Gasteiger partial charge is 0.326 e. The zero-order valence-corrected chi connectivity index (χ0v) is 15.4. The SMILES string of the molecule is CC(=O)Nc1ccc(F)c(C(=O)Nc2cccc(CN3CCCCC3)c2)c1. The highest BCUT2D eigenvalue weighted by Gasteiger charge is 2.14. The maximum absolute atomic E-state index is 14.1. The van der Waals surface area contributed by atoms with Crippen molar-refractivity contribution in [1.82, 2.24) is 4.90 Å². The minimum absolute atomic E-state index is 0.109. The standard InChI is InChI=1S/C21H24FN3O2/c1-15(26)23-18-8-9-20(22)19(13-18)21(27)24-17-7-5-6-16(12-17)14-25-10-3-2-4-11-25/h5-9,12-13H,2-4,10-11,14H2,1H3,(H,23,26)(H,24,27). The van der Waals surface area contributed by atoms with E-state index >= 15 is 0 Å². The number of hydrogen-bond acceptors (Lipinski definition) is 3. The molecule has 0 spiro atoms. The van der Waals surface area contributed by atoms with Gasteiger partial charge in [-0.25, -0.2) is 4.39 Å². The maximum atomic E-state index is 14.1. The van der Waals surface area contributed by atoms with Gasteiger partial charge >= 0.3 is 0 Å². The Balaban J connectivity index is 1.70. The first-order valence-corrected chi connectivity index (χ1v) is 9.21. The number of amides is 2. The molecule has 27 heavy (non-hydrogen) atoms. The van der Waals surface area contributed by atoms with Crippen LogP contribution in [0, 0.1) is 5.82 Å². The fraction of sp³-hybridized carbons (Fsp3) is 0.333. The third kappa shape index (κ3) is 5.37. The number of nitrogens with zero attached hydrogens (tertiary/aromatic N) is 1. The molecule has 1 fully saturated rings. The van der Waals surface area contributed by atoms with Crippen LogP contribution in [0.15, 0.2) is 42.5 Å². The lowest BCUT2D eigenvalue weighted by atomic mass is 10.1.